The molecule has 0 bridgehead atoms. The largest absolute Gasteiger partial charge is 0.439 e. The summed E-state index contributed by atoms with van der Waals surface area (Å²) in [5.41, 5.74) is 7.02. The molecule has 1 unspecified atom stereocenters. The predicted octanol–water partition coefficient (Wildman–Crippen LogP) is 1.89. The van der Waals surface area contributed by atoms with E-state index in [1.807, 2.05) is 13.8 Å². The molecule has 0 saturated heterocycles. The summed E-state index contributed by atoms with van der Waals surface area (Å²) >= 11 is 0. The molecule has 0 amide bonds. The summed E-state index contributed by atoms with van der Waals surface area (Å²) in [5.74, 6) is 0.637. The lowest BCUT2D eigenvalue weighted by Crippen LogP contribution is -2.16. The molecule has 2 N–H and O–H groups in total. The Morgan fingerprint density at radius 1 is 1.33 bits per heavy atom. The van der Waals surface area contributed by atoms with E-state index >= 15 is 0 Å². The molecule has 1 aromatic heterocycles. The molecule has 1 aromatic carbocycles. The van der Waals surface area contributed by atoms with Crippen molar-refractivity contribution in [3.63, 3.8) is 0 Å². The van der Waals surface area contributed by atoms with Crippen LogP contribution < -0.4 is 5.73 Å². The van der Waals surface area contributed by atoms with Crippen LogP contribution in [0.4, 0.5) is 0 Å². The molecule has 98 valence electrons. The monoisotopic (exact) mass is 268 g/mol. The molecule has 2 aromatic rings. The van der Waals surface area contributed by atoms with Gasteiger partial charge in [-0.25, -0.2) is 13.4 Å². The second-order valence-corrected chi connectivity index (χ2v) is 6.74. The summed E-state index contributed by atoms with van der Waals surface area (Å²) in [6.45, 7) is 3.95. The smallest absolute Gasteiger partial charge is 0.212 e. The third-order valence-corrected chi connectivity index (χ3v) is 3.92. The Morgan fingerprint density at radius 2 is 2.00 bits per heavy atom. The molecule has 5 nitrogen and oxygen atoms in total. The average Bonchev–Trinajstić information content (AvgIpc) is 2.68. The molecule has 0 saturated carbocycles. The minimum Gasteiger partial charge on any atom is -0.439 e. The lowest BCUT2D eigenvalue weighted by molar-refractivity contribution is 0.403. The van der Waals surface area contributed by atoms with Gasteiger partial charge in [0.05, 0.1) is 10.9 Å². The fraction of sp³-hybridized carbons (Fsp3) is 0.417. The van der Waals surface area contributed by atoms with Crippen LogP contribution in [0.2, 0.25) is 0 Å². The fourth-order valence-corrected chi connectivity index (χ4v) is 2.22. The van der Waals surface area contributed by atoms with Crippen LogP contribution in [-0.2, 0) is 9.84 Å². The molecule has 0 aliphatic heterocycles. The van der Waals surface area contributed by atoms with E-state index in [4.69, 9.17) is 10.2 Å². The van der Waals surface area contributed by atoms with Gasteiger partial charge in [-0.2, -0.15) is 0 Å². The number of nitrogens with two attached hydrogens (primary N) is 1. The van der Waals surface area contributed by atoms with Gasteiger partial charge in [-0.1, -0.05) is 13.8 Å². The highest BCUT2D eigenvalue weighted by Gasteiger charge is 2.18. The third-order valence-electron chi connectivity index (χ3n) is 2.81. The van der Waals surface area contributed by atoms with Crippen LogP contribution in [0, 0.1) is 5.92 Å². The SMILES string of the molecule is CC(C)C(N)c1nc2cc(S(C)(=O)=O)ccc2o1. The van der Waals surface area contributed by atoms with Crippen molar-refractivity contribution >= 4 is 20.9 Å². The van der Waals surface area contributed by atoms with Crippen molar-refractivity contribution in [1.82, 2.24) is 4.98 Å². The normalized spacial score (nSPS) is 14.3. The molecule has 0 aliphatic rings. The summed E-state index contributed by atoms with van der Waals surface area (Å²) in [7, 11) is -3.23. The minimum atomic E-state index is -3.23. The van der Waals surface area contributed by atoms with Gasteiger partial charge in [-0.3, -0.25) is 0 Å². The van der Waals surface area contributed by atoms with E-state index in [0.29, 0.717) is 17.0 Å². The lowest BCUT2D eigenvalue weighted by Gasteiger charge is -2.10. The van der Waals surface area contributed by atoms with Crippen molar-refractivity contribution in [1.29, 1.82) is 0 Å². The Labute approximate surface area is 106 Å². The molecular formula is C12H16N2O3S. The van der Waals surface area contributed by atoms with E-state index in [2.05, 4.69) is 4.98 Å². The maximum Gasteiger partial charge on any atom is 0.212 e. The molecule has 0 spiro atoms. The van der Waals surface area contributed by atoms with Crippen molar-refractivity contribution in [2.24, 2.45) is 11.7 Å². The Hall–Kier alpha value is -1.40. The Kier molecular flexibility index (Phi) is 3.16. The van der Waals surface area contributed by atoms with Gasteiger partial charge in [0.15, 0.2) is 15.4 Å². The zero-order chi connectivity index (χ0) is 13.5. The van der Waals surface area contributed by atoms with Crippen LogP contribution in [0.5, 0.6) is 0 Å². The number of hydrogen-bond donors (Lipinski definition) is 1. The summed E-state index contributed by atoms with van der Waals surface area (Å²) in [4.78, 5) is 4.48. The highest BCUT2D eigenvalue weighted by molar-refractivity contribution is 7.90. The Balaban J connectivity index is 2.53. The molecule has 18 heavy (non-hydrogen) atoms. The number of rotatable bonds is 3. The maximum absolute atomic E-state index is 11.4. The summed E-state index contributed by atoms with van der Waals surface area (Å²) < 4.78 is 28.4. The number of fused-ring (bicyclic) bond motifs is 1. The van der Waals surface area contributed by atoms with Gasteiger partial charge in [-0.05, 0) is 24.1 Å². The van der Waals surface area contributed by atoms with Gasteiger partial charge in [0.1, 0.15) is 5.52 Å². The molecule has 0 fully saturated rings. The summed E-state index contributed by atoms with van der Waals surface area (Å²) in [5, 5.41) is 0. The number of aromatic nitrogens is 1. The molecule has 2 rings (SSSR count). The summed E-state index contributed by atoms with van der Waals surface area (Å²) in [6, 6.07) is 4.33. The van der Waals surface area contributed by atoms with Gasteiger partial charge in [-0.15, -0.1) is 0 Å². The van der Waals surface area contributed by atoms with E-state index in [1.54, 1.807) is 6.07 Å². The standard InChI is InChI=1S/C12H16N2O3S/c1-7(2)11(13)12-14-9-6-8(18(3,15)16)4-5-10(9)17-12/h4-7,11H,13H2,1-3H3. The predicted molar refractivity (Wildman–Crippen MR) is 68.9 cm³/mol. The van der Waals surface area contributed by atoms with Gasteiger partial charge < -0.3 is 10.2 Å². The van der Waals surface area contributed by atoms with Crippen molar-refractivity contribution in [3.05, 3.63) is 24.1 Å². The number of sulfone groups is 1. The first kappa shape index (κ1) is 13.0. The van der Waals surface area contributed by atoms with Gasteiger partial charge in [0, 0.05) is 6.26 Å². The zero-order valence-electron chi connectivity index (χ0n) is 10.5. The number of benzene rings is 1. The van der Waals surface area contributed by atoms with Crippen molar-refractivity contribution in [2.45, 2.75) is 24.8 Å². The highest BCUT2D eigenvalue weighted by Crippen LogP contribution is 2.25. The topological polar surface area (TPSA) is 86.2 Å². The van der Waals surface area contributed by atoms with E-state index in [0.717, 1.165) is 6.26 Å². The Bertz CT molecular complexity index is 674. The van der Waals surface area contributed by atoms with Crippen molar-refractivity contribution in [2.75, 3.05) is 6.26 Å². The van der Waals surface area contributed by atoms with Gasteiger partial charge >= 0.3 is 0 Å². The van der Waals surface area contributed by atoms with E-state index in [1.165, 1.54) is 12.1 Å². The Morgan fingerprint density at radius 3 is 2.56 bits per heavy atom. The third kappa shape index (κ3) is 2.39. The molecular weight excluding hydrogens is 252 g/mol. The van der Waals surface area contributed by atoms with Crippen LogP contribution in [-0.4, -0.2) is 19.7 Å². The lowest BCUT2D eigenvalue weighted by atomic mass is 10.1. The van der Waals surface area contributed by atoms with E-state index in [9.17, 15) is 8.42 Å². The molecule has 0 aliphatic carbocycles. The molecule has 1 heterocycles. The van der Waals surface area contributed by atoms with Crippen molar-refractivity contribution in [3.8, 4) is 0 Å². The first-order valence-electron chi connectivity index (χ1n) is 5.65. The van der Waals surface area contributed by atoms with Crippen LogP contribution in [0.3, 0.4) is 0 Å². The summed E-state index contributed by atoms with van der Waals surface area (Å²) in [6.07, 6.45) is 1.16. The molecule has 0 radical (unpaired) electrons. The van der Waals surface area contributed by atoms with Crippen molar-refractivity contribution < 1.29 is 12.8 Å². The molecule has 1 atom stereocenters. The minimum absolute atomic E-state index is 0.201. The van der Waals surface area contributed by atoms with Crippen LogP contribution in [0.25, 0.3) is 11.1 Å². The second kappa shape index (κ2) is 4.37. The van der Waals surface area contributed by atoms with E-state index in [-0.39, 0.29) is 16.9 Å². The van der Waals surface area contributed by atoms with Crippen LogP contribution in [0.15, 0.2) is 27.5 Å². The number of nitrogens with zero attached hydrogens (tertiary/aromatic N) is 1. The van der Waals surface area contributed by atoms with Crippen LogP contribution in [0.1, 0.15) is 25.8 Å². The first-order chi connectivity index (χ1) is 8.29. The first-order valence-corrected chi connectivity index (χ1v) is 7.54. The second-order valence-electron chi connectivity index (χ2n) is 4.72. The zero-order valence-corrected chi connectivity index (χ0v) is 11.4. The van der Waals surface area contributed by atoms with Gasteiger partial charge in [0.2, 0.25) is 5.89 Å². The highest BCUT2D eigenvalue weighted by atomic mass is 32.2. The fourth-order valence-electron chi connectivity index (χ4n) is 1.58. The average molecular weight is 268 g/mol. The van der Waals surface area contributed by atoms with E-state index < -0.39 is 9.84 Å². The number of oxazole rings is 1. The van der Waals surface area contributed by atoms with Gasteiger partial charge in [0.25, 0.3) is 0 Å². The maximum atomic E-state index is 11.4. The molecule has 6 heteroatoms. The van der Waals surface area contributed by atoms with Crippen LogP contribution >= 0.6 is 0 Å². The number of hydrogen-bond acceptors (Lipinski definition) is 5. The quantitative estimate of drug-likeness (QED) is 0.918.